The third-order valence-electron chi connectivity index (χ3n) is 4.76. The van der Waals surface area contributed by atoms with Crippen molar-refractivity contribution in [1.82, 2.24) is 19.4 Å². The molecule has 0 spiro atoms. The van der Waals surface area contributed by atoms with Crippen molar-refractivity contribution in [2.75, 3.05) is 13.1 Å². The molecule has 3 heterocycles. The van der Waals surface area contributed by atoms with E-state index >= 15 is 0 Å². The molecular formula is C19H22N4. The van der Waals surface area contributed by atoms with E-state index in [1.807, 2.05) is 24.1 Å². The van der Waals surface area contributed by atoms with Gasteiger partial charge in [0.15, 0.2) is 0 Å². The molecule has 0 atom stereocenters. The summed E-state index contributed by atoms with van der Waals surface area (Å²) in [6.45, 7) is 5.69. The minimum absolute atomic E-state index is 0.988. The predicted octanol–water partition coefficient (Wildman–Crippen LogP) is 3.54. The van der Waals surface area contributed by atoms with Gasteiger partial charge < -0.3 is 4.57 Å². The maximum absolute atomic E-state index is 4.84. The Morgan fingerprint density at radius 1 is 1.13 bits per heavy atom. The Hall–Kier alpha value is -2.20. The largest absolute Gasteiger partial charge is 0.332 e. The summed E-state index contributed by atoms with van der Waals surface area (Å²) >= 11 is 0. The van der Waals surface area contributed by atoms with Gasteiger partial charge in [-0.2, -0.15) is 0 Å². The fourth-order valence-corrected chi connectivity index (χ4v) is 3.47. The van der Waals surface area contributed by atoms with Crippen LogP contribution in [0.2, 0.25) is 0 Å². The lowest BCUT2D eigenvalue weighted by Crippen LogP contribution is -2.18. The van der Waals surface area contributed by atoms with Crippen LogP contribution < -0.4 is 0 Å². The first-order valence-electron chi connectivity index (χ1n) is 8.30. The molecule has 0 radical (unpaired) electrons. The molecule has 1 fully saturated rings. The molecule has 23 heavy (non-hydrogen) atoms. The Bertz CT molecular complexity index is 844. The number of aromatic nitrogens is 3. The predicted molar refractivity (Wildman–Crippen MR) is 93.2 cm³/mol. The minimum Gasteiger partial charge on any atom is -0.332 e. The standard InChI is InChI=1S/C19H22N4/c1-14-9-18(19-11-20-13-22(19)2)21-17-6-5-15(10-16(14)17)12-23-7-3-4-8-23/h5-6,9-11,13H,3-4,7-8,12H2,1-2H3. The first kappa shape index (κ1) is 14.4. The third-order valence-corrected chi connectivity index (χ3v) is 4.76. The second-order valence-corrected chi connectivity index (χ2v) is 6.55. The monoisotopic (exact) mass is 306 g/mol. The number of fused-ring (bicyclic) bond motifs is 1. The zero-order chi connectivity index (χ0) is 15.8. The Kier molecular flexibility index (Phi) is 3.62. The summed E-state index contributed by atoms with van der Waals surface area (Å²) in [5.41, 5.74) is 5.76. The molecule has 0 N–H and O–H groups in total. The Morgan fingerprint density at radius 3 is 2.70 bits per heavy atom. The molecular weight excluding hydrogens is 284 g/mol. The second kappa shape index (κ2) is 5.78. The van der Waals surface area contributed by atoms with Gasteiger partial charge >= 0.3 is 0 Å². The number of pyridine rings is 1. The number of hydrogen-bond donors (Lipinski definition) is 0. The lowest BCUT2D eigenvalue weighted by Gasteiger charge is -2.15. The number of benzene rings is 1. The summed E-state index contributed by atoms with van der Waals surface area (Å²) < 4.78 is 2.01. The number of hydrogen-bond acceptors (Lipinski definition) is 3. The van der Waals surface area contributed by atoms with E-state index in [0.717, 1.165) is 23.4 Å². The second-order valence-electron chi connectivity index (χ2n) is 6.55. The minimum atomic E-state index is 0.988. The lowest BCUT2D eigenvalue weighted by atomic mass is 10.0. The molecule has 1 aliphatic heterocycles. The van der Waals surface area contributed by atoms with Gasteiger partial charge in [-0.05, 0) is 62.2 Å². The summed E-state index contributed by atoms with van der Waals surface area (Å²) in [5.74, 6) is 0. The van der Waals surface area contributed by atoms with Gasteiger partial charge in [-0.15, -0.1) is 0 Å². The van der Waals surface area contributed by atoms with Crippen molar-refractivity contribution in [2.24, 2.45) is 7.05 Å². The molecule has 0 unspecified atom stereocenters. The van der Waals surface area contributed by atoms with E-state index in [0.29, 0.717) is 0 Å². The lowest BCUT2D eigenvalue weighted by molar-refractivity contribution is 0.331. The van der Waals surface area contributed by atoms with Crippen LogP contribution in [0.15, 0.2) is 36.8 Å². The fourth-order valence-electron chi connectivity index (χ4n) is 3.47. The molecule has 0 bridgehead atoms. The molecule has 1 aromatic carbocycles. The van der Waals surface area contributed by atoms with Gasteiger partial charge in [-0.3, -0.25) is 4.90 Å². The van der Waals surface area contributed by atoms with Gasteiger partial charge in [-0.1, -0.05) is 6.07 Å². The highest BCUT2D eigenvalue weighted by Crippen LogP contribution is 2.25. The van der Waals surface area contributed by atoms with Gasteiger partial charge in [-0.25, -0.2) is 9.97 Å². The van der Waals surface area contributed by atoms with E-state index in [4.69, 9.17) is 4.98 Å². The molecule has 2 aromatic heterocycles. The number of aryl methyl sites for hydroxylation is 2. The first-order valence-corrected chi connectivity index (χ1v) is 8.30. The molecule has 1 saturated heterocycles. The van der Waals surface area contributed by atoms with Gasteiger partial charge in [0.2, 0.25) is 0 Å². The normalized spacial score (nSPS) is 15.6. The maximum atomic E-state index is 4.84. The number of rotatable bonds is 3. The molecule has 3 aromatic rings. The quantitative estimate of drug-likeness (QED) is 0.742. The average molecular weight is 306 g/mol. The van der Waals surface area contributed by atoms with Crippen LogP contribution in [0.4, 0.5) is 0 Å². The molecule has 0 aliphatic carbocycles. The van der Waals surface area contributed by atoms with Gasteiger partial charge in [0, 0.05) is 19.0 Å². The van der Waals surface area contributed by atoms with E-state index in [1.54, 1.807) is 0 Å². The van der Waals surface area contributed by atoms with Crippen molar-refractivity contribution in [3.8, 4) is 11.4 Å². The molecule has 0 amide bonds. The summed E-state index contributed by atoms with van der Waals surface area (Å²) in [6, 6.07) is 8.86. The topological polar surface area (TPSA) is 34.0 Å². The summed E-state index contributed by atoms with van der Waals surface area (Å²) in [7, 11) is 2.00. The van der Waals surface area contributed by atoms with Crippen LogP contribution in [0.1, 0.15) is 24.0 Å². The SMILES string of the molecule is Cc1cc(-c2cncn2C)nc2ccc(CN3CCCC3)cc12. The van der Waals surface area contributed by atoms with Crippen molar-refractivity contribution in [1.29, 1.82) is 0 Å². The van der Waals surface area contributed by atoms with Crippen LogP contribution in [0.5, 0.6) is 0 Å². The van der Waals surface area contributed by atoms with E-state index in [-0.39, 0.29) is 0 Å². The zero-order valence-electron chi connectivity index (χ0n) is 13.8. The summed E-state index contributed by atoms with van der Waals surface area (Å²) in [4.78, 5) is 11.6. The average Bonchev–Trinajstić information content (AvgIpc) is 3.19. The number of imidazole rings is 1. The van der Waals surface area contributed by atoms with E-state index in [1.165, 1.54) is 42.4 Å². The summed E-state index contributed by atoms with van der Waals surface area (Å²) in [5, 5.41) is 1.26. The van der Waals surface area contributed by atoms with Crippen LogP contribution >= 0.6 is 0 Å². The zero-order valence-corrected chi connectivity index (χ0v) is 13.8. The van der Waals surface area contributed by atoms with Crippen molar-refractivity contribution in [2.45, 2.75) is 26.3 Å². The van der Waals surface area contributed by atoms with Crippen LogP contribution in [0.3, 0.4) is 0 Å². The molecule has 4 rings (SSSR count). The van der Waals surface area contributed by atoms with Crippen molar-refractivity contribution in [3.05, 3.63) is 47.9 Å². The van der Waals surface area contributed by atoms with E-state index < -0.39 is 0 Å². The summed E-state index contributed by atoms with van der Waals surface area (Å²) in [6.07, 6.45) is 6.36. The molecule has 118 valence electrons. The van der Waals surface area contributed by atoms with E-state index in [2.05, 4.69) is 41.1 Å². The van der Waals surface area contributed by atoms with Crippen LogP contribution in [-0.4, -0.2) is 32.5 Å². The van der Waals surface area contributed by atoms with Crippen LogP contribution in [0.25, 0.3) is 22.3 Å². The molecule has 4 nitrogen and oxygen atoms in total. The van der Waals surface area contributed by atoms with Gasteiger partial charge in [0.05, 0.1) is 29.4 Å². The number of likely N-dealkylation sites (tertiary alicyclic amines) is 1. The third kappa shape index (κ3) is 2.75. The maximum Gasteiger partial charge on any atom is 0.0948 e. The number of nitrogens with zero attached hydrogens (tertiary/aromatic N) is 4. The van der Waals surface area contributed by atoms with Crippen molar-refractivity contribution < 1.29 is 0 Å². The molecule has 1 aliphatic rings. The van der Waals surface area contributed by atoms with Crippen molar-refractivity contribution >= 4 is 10.9 Å². The van der Waals surface area contributed by atoms with Crippen LogP contribution in [-0.2, 0) is 13.6 Å². The smallest absolute Gasteiger partial charge is 0.0948 e. The van der Waals surface area contributed by atoms with Crippen molar-refractivity contribution in [3.63, 3.8) is 0 Å². The van der Waals surface area contributed by atoms with Crippen LogP contribution in [0, 0.1) is 6.92 Å². The van der Waals surface area contributed by atoms with E-state index in [9.17, 15) is 0 Å². The first-order chi connectivity index (χ1) is 11.2. The molecule has 4 heteroatoms. The Balaban J connectivity index is 1.72. The fraction of sp³-hybridized carbons (Fsp3) is 0.368. The Labute approximate surface area is 136 Å². The highest BCUT2D eigenvalue weighted by molar-refractivity contribution is 5.85. The Morgan fingerprint density at radius 2 is 1.96 bits per heavy atom. The molecule has 0 saturated carbocycles. The van der Waals surface area contributed by atoms with Gasteiger partial charge in [0.25, 0.3) is 0 Å². The highest BCUT2D eigenvalue weighted by Gasteiger charge is 2.13. The highest BCUT2D eigenvalue weighted by atomic mass is 15.1. The van der Waals surface area contributed by atoms with Gasteiger partial charge in [0.1, 0.15) is 0 Å².